The minimum absolute atomic E-state index is 0.0899. The molecule has 0 saturated carbocycles. The fourth-order valence-electron chi connectivity index (χ4n) is 4.68. The number of benzene rings is 3. The summed E-state index contributed by atoms with van der Waals surface area (Å²) in [5, 5.41) is 4.79. The molecule has 3 heterocycles. The fourth-order valence-corrected chi connectivity index (χ4v) is 8.24. The first-order valence-corrected chi connectivity index (χ1v) is 15.6. The van der Waals surface area contributed by atoms with Crippen molar-refractivity contribution >= 4 is 59.5 Å². The second-order valence-electron chi connectivity index (χ2n) is 9.58. The van der Waals surface area contributed by atoms with Crippen LogP contribution in [0.1, 0.15) is 26.4 Å². The van der Waals surface area contributed by atoms with Crippen molar-refractivity contribution in [1.29, 1.82) is 0 Å². The fraction of sp³-hybridized carbons (Fsp3) is 0.172. The largest absolute Gasteiger partial charge is 0.313 e. The Morgan fingerprint density at radius 3 is 2.49 bits per heavy atom. The molecule has 0 atom stereocenters. The molecule has 0 unspecified atom stereocenters. The normalized spacial score (nSPS) is 13.8. The van der Waals surface area contributed by atoms with Crippen LogP contribution in [0, 0.1) is 6.92 Å². The third kappa shape index (κ3) is 5.08. The number of carbonyl (C=O) groups excluding carboxylic acids is 1. The minimum Gasteiger partial charge on any atom is -0.313 e. The van der Waals surface area contributed by atoms with Crippen molar-refractivity contribution in [2.24, 2.45) is 0 Å². The Kier molecular flexibility index (Phi) is 6.72. The third-order valence-electron chi connectivity index (χ3n) is 6.80. The predicted molar refractivity (Wildman–Crippen MR) is 159 cm³/mol. The van der Waals surface area contributed by atoms with E-state index in [9.17, 15) is 13.2 Å². The zero-order valence-electron chi connectivity index (χ0n) is 21.4. The maximum atomic E-state index is 13.3. The summed E-state index contributed by atoms with van der Waals surface area (Å²) in [6.07, 6.45) is 0.893. The SMILES string of the molecule is Cc1ccccc1NS(=O)(=O)c1ccc(C(=O)Nc2sc3c(c2-c2nc4ccccc4s2)CCN(C)C3)cc1. The second kappa shape index (κ2) is 10.2. The van der Waals surface area contributed by atoms with Crippen LogP contribution in [0.2, 0.25) is 0 Å². The lowest BCUT2D eigenvalue weighted by Gasteiger charge is -2.22. The number of hydrogen-bond acceptors (Lipinski definition) is 7. The van der Waals surface area contributed by atoms with E-state index in [2.05, 4.69) is 28.1 Å². The van der Waals surface area contributed by atoms with Gasteiger partial charge in [-0.2, -0.15) is 0 Å². The molecule has 0 spiro atoms. The van der Waals surface area contributed by atoms with Crippen molar-refractivity contribution in [2.75, 3.05) is 23.6 Å². The number of hydrogen-bond donors (Lipinski definition) is 2. The van der Waals surface area contributed by atoms with E-state index in [-0.39, 0.29) is 10.8 Å². The molecule has 1 aliphatic heterocycles. The molecule has 0 saturated heterocycles. The Morgan fingerprint density at radius 1 is 0.974 bits per heavy atom. The molecule has 2 aromatic heterocycles. The summed E-state index contributed by atoms with van der Waals surface area (Å²) >= 11 is 3.22. The Labute approximate surface area is 235 Å². The number of thiazole rings is 1. The van der Waals surface area contributed by atoms with E-state index in [1.807, 2.05) is 37.3 Å². The number of aryl methyl sites for hydroxylation is 1. The monoisotopic (exact) mass is 574 g/mol. The summed E-state index contributed by atoms with van der Waals surface area (Å²) in [5.41, 5.74) is 4.91. The van der Waals surface area contributed by atoms with Gasteiger partial charge in [0, 0.05) is 29.1 Å². The maximum Gasteiger partial charge on any atom is 0.261 e. The van der Waals surface area contributed by atoms with Gasteiger partial charge in [0.15, 0.2) is 0 Å². The third-order valence-corrected chi connectivity index (χ3v) is 10.4. The van der Waals surface area contributed by atoms with E-state index < -0.39 is 10.0 Å². The van der Waals surface area contributed by atoms with Crippen LogP contribution in [0.3, 0.4) is 0 Å². The van der Waals surface area contributed by atoms with Crippen molar-refractivity contribution < 1.29 is 13.2 Å². The van der Waals surface area contributed by atoms with Gasteiger partial charge in [0.2, 0.25) is 0 Å². The van der Waals surface area contributed by atoms with Crippen molar-refractivity contribution in [1.82, 2.24) is 9.88 Å². The first-order valence-electron chi connectivity index (χ1n) is 12.5. The van der Waals surface area contributed by atoms with Crippen molar-refractivity contribution in [3.63, 3.8) is 0 Å². The zero-order chi connectivity index (χ0) is 27.1. The number of aromatic nitrogens is 1. The molecule has 7 nitrogen and oxygen atoms in total. The van der Waals surface area contributed by atoms with Crippen LogP contribution in [0.25, 0.3) is 20.8 Å². The van der Waals surface area contributed by atoms with E-state index in [4.69, 9.17) is 4.98 Å². The summed E-state index contributed by atoms with van der Waals surface area (Å²) in [6, 6.07) is 21.2. The molecule has 3 aromatic carbocycles. The highest BCUT2D eigenvalue weighted by atomic mass is 32.2. The Morgan fingerprint density at radius 2 is 1.72 bits per heavy atom. The van der Waals surface area contributed by atoms with Gasteiger partial charge in [-0.1, -0.05) is 30.3 Å². The lowest BCUT2D eigenvalue weighted by atomic mass is 10.0. The van der Waals surface area contributed by atoms with Gasteiger partial charge in [-0.15, -0.1) is 22.7 Å². The topological polar surface area (TPSA) is 91.4 Å². The zero-order valence-corrected chi connectivity index (χ0v) is 23.8. The number of likely N-dealkylation sites (N-methyl/N-ethyl adjacent to an activating group) is 1. The lowest BCUT2D eigenvalue weighted by Crippen LogP contribution is -2.25. The molecule has 1 aliphatic rings. The first-order chi connectivity index (χ1) is 18.8. The smallest absolute Gasteiger partial charge is 0.261 e. The van der Waals surface area contributed by atoms with Gasteiger partial charge in [0.25, 0.3) is 15.9 Å². The van der Waals surface area contributed by atoms with E-state index in [1.54, 1.807) is 46.9 Å². The predicted octanol–water partition coefficient (Wildman–Crippen LogP) is 6.37. The molecule has 0 radical (unpaired) electrons. The number of fused-ring (bicyclic) bond motifs is 2. The van der Waals surface area contributed by atoms with E-state index in [1.165, 1.54) is 22.6 Å². The Bertz CT molecular complexity index is 1770. The standard InChI is InChI=1S/C29H26N4O3S3/c1-18-7-3-4-8-22(18)32-39(35,36)20-13-11-19(12-14-20)27(34)31-29-26(21-15-16-33(2)17-25(21)38-29)28-30-23-9-5-6-10-24(23)37-28/h3-14,32H,15-17H2,1-2H3,(H,31,34). The summed E-state index contributed by atoms with van der Waals surface area (Å²) < 4.78 is 29.6. The summed E-state index contributed by atoms with van der Waals surface area (Å²) in [6.45, 7) is 3.62. The average molecular weight is 575 g/mol. The highest BCUT2D eigenvalue weighted by molar-refractivity contribution is 7.92. The number of para-hydroxylation sites is 2. The van der Waals surface area contributed by atoms with Crippen LogP contribution in [-0.2, 0) is 23.0 Å². The van der Waals surface area contributed by atoms with Crippen LogP contribution < -0.4 is 10.0 Å². The quantitative estimate of drug-likeness (QED) is 0.246. The molecular formula is C29H26N4O3S3. The molecule has 6 rings (SSSR count). The summed E-state index contributed by atoms with van der Waals surface area (Å²) in [4.78, 5) is 21.8. The summed E-state index contributed by atoms with van der Waals surface area (Å²) in [7, 11) is -1.69. The molecule has 198 valence electrons. The van der Waals surface area contributed by atoms with E-state index >= 15 is 0 Å². The number of sulfonamides is 1. The van der Waals surface area contributed by atoms with E-state index in [0.717, 1.165) is 50.9 Å². The Hall–Kier alpha value is -3.57. The second-order valence-corrected chi connectivity index (χ2v) is 13.4. The molecule has 0 fully saturated rings. The number of amides is 1. The van der Waals surface area contributed by atoms with Gasteiger partial charge in [0.1, 0.15) is 10.0 Å². The minimum atomic E-state index is -3.79. The number of nitrogens with one attached hydrogen (secondary N) is 2. The van der Waals surface area contributed by atoms with Crippen LogP contribution in [0.4, 0.5) is 10.7 Å². The van der Waals surface area contributed by atoms with Crippen molar-refractivity contribution in [2.45, 2.75) is 24.8 Å². The molecule has 1 amide bonds. The highest BCUT2D eigenvalue weighted by Gasteiger charge is 2.27. The van der Waals surface area contributed by atoms with Gasteiger partial charge < -0.3 is 10.2 Å². The maximum absolute atomic E-state index is 13.3. The lowest BCUT2D eigenvalue weighted by molar-refractivity contribution is 0.102. The molecule has 5 aromatic rings. The van der Waals surface area contributed by atoms with Gasteiger partial charge >= 0.3 is 0 Å². The van der Waals surface area contributed by atoms with Crippen LogP contribution >= 0.6 is 22.7 Å². The summed E-state index contributed by atoms with van der Waals surface area (Å²) in [5.74, 6) is -0.292. The average Bonchev–Trinajstić information content (AvgIpc) is 3.50. The molecule has 0 aliphatic carbocycles. The van der Waals surface area contributed by atoms with Gasteiger partial charge in [-0.3, -0.25) is 9.52 Å². The van der Waals surface area contributed by atoms with Crippen LogP contribution in [0.5, 0.6) is 0 Å². The Balaban J connectivity index is 1.28. The van der Waals surface area contributed by atoms with Crippen molar-refractivity contribution in [3.05, 3.63) is 94.4 Å². The first kappa shape index (κ1) is 25.7. The molecular weight excluding hydrogens is 549 g/mol. The van der Waals surface area contributed by atoms with Gasteiger partial charge in [0.05, 0.1) is 20.8 Å². The van der Waals surface area contributed by atoms with Gasteiger partial charge in [-0.25, -0.2) is 13.4 Å². The van der Waals surface area contributed by atoms with Crippen LogP contribution in [-0.4, -0.2) is 37.8 Å². The number of thiophene rings is 1. The van der Waals surface area contributed by atoms with Crippen LogP contribution in [0.15, 0.2) is 77.7 Å². The van der Waals surface area contributed by atoms with E-state index in [0.29, 0.717) is 11.3 Å². The number of nitrogens with zero attached hydrogens (tertiary/aromatic N) is 2. The highest BCUT2D eigenvalue weighted by Crippen LogP contribution is 2.45. The van der Waals surface area contributed by atoms with Crippen molar-refractivity contribution in [3.8, 4) is 10.6 Å². The van der Waals surface area contributed by atoms with Gasteiger partial charge in [-0.05, 0) is 74.0 Å². The number of carbonyl (C=O) groups is 1. The molecule has 39 heavy (non-hydrogen) atoms. The molecule has 0 bridgehead atoms. The molecule has 10 heteroatoms. The number of rotatable bonds is 6. The number of anilines is 2. The molecule has 2 N–H and O–H groups in total.